The molecule has 1 aliphatic rings. The molecule has 1 aromatic carbocycles. The molecule has 0 radical (unpaired) electrons. The molecule has 0 saturated heterocycles. The van der Waals surface area contributed by atoms with Gasteiger partial charge < -0.3 is 9.84 Å². The van der Waals surface area contributed by atoms with Crippen LogP contribution in [0.1, 0.15) is 64.6 Å². The van der Waals surface area contributed by atoms with Crippen LogP contribution in [0.5, 0.6) is 0 Å². The Labute approximate surface area is 156 Å². The van der Waals surface area contributed by atoms with E-state index >= 15 is 0 Å². The minimum atomic E-state index is 0.0755. The number of hydrogen-bond donors (Lipinski definition) is 1. The van der Waals surface area contributed by atoms with Crippen molar-refractivity contribution in [3.63, 3.8) is 0 Å². The molecule has 140 valence electrons. The highest BCUT2D eigenvalue weighted by atomic mass is 16.5. The highest BCUT2D eigenvalue weighted by Gasteiger charge is 2.21. The number of nitrogens with one attached hydrogen (secondary N) is 1. The van der Waals surface area contributed by atoms with E-state index in [1.807, 2.05) is 24.3 Å². The van der Waals surface area contributed by atoms with Gasteiger partial charge in [-0.25, -0.2) is 0 Å². The van der Waals surface area contributed by atoms with Gasteiger partial charge in [0, 0.05) is 23.2 Å². The number of fused-ring (bicyclic) bond motifs is 1. The van der Waals surface area contributed by atoms with E-state index in [0.29, 0.717) is 12.3 Å². The summed E-state index contributed by atoms with van der Waals surface area (Å²) in [5.74, 6) is 1.33. The average molecular weight is 354 g/mol. The van der Waals surface area contributed by atoms with E-state index in [9.17, 15) is 4.79 Å². The summed E-state index contributed by atoms with van der Waals surface area (Å²) in [6.45, 7) is 8.77. The number of carbonyl (C=O) groups is 1. The first-order valence-corrected chi connectivity index (χ1v) is 9.69. The minimum absolute atomic E-state index is 0.0755. The van der Waals surface area contributed by atoms with Crippen LogP contribution in [0, 0.1) is 11.3 Å². The zero-order valence-electron chi connectivity index (χ0n) is 16.4. The third kappa shape index (κ3) is 4.75. The third-order valence-corrected chi connectivity index (χ3v) is 4.89. The first kappa shape index (κ1) is 18.7. The fourth-order valence-corrected chi connectivity index (χ4v) is 3.97. The van der Waals surface area contributed by atoms with Gasteiger partial charge in [0.25, 0.3) is 0 Å². The topological polar surface area (TPSA) is 55.1 Å². The Morgan fingerprint density at radius 3 is 2.58 bits per heavy atom. The Bertz CT molecular complexity index is 753. The first-order valence-electron chi connectivity index (χ1n) is 9.69. The van der Waals surface area contributed by atoms with E-state index in [0.717, 1.165) is 42.0 Å². The SMILES string of the molecule is CC(CC(=O)Nc1ccc(-c2onc3c2CCCC3)cc1)CC(C)(C)C. The lowest BCUT2D eigenvalue weighted by Gasteiger charge is -2.22. The summed E-state index contributed by atoms with van der Waals surface area (Å²) in [7, 11) is 0. The molecule has 0 spiro atoms. The Morgan fingerprint density at radius 2 is 1.88 bits per heavy atom. The maximum Gasteiger partial charge on any atom is 0.224 e. The van der Waals surface area contributed by atoms with Gasteiger partial charge in [-0.15, -0.1) is 0 Å². The van der Waals surface area contributed by atoms with E-state index in [1.165, 1.54) is 18.4 Å². The number of rotatable bonds is 5. The van der Waals surface area contributed by atoms with E-state index in [1.54, 1.807) is 0 Å². The highest BCUT2D eigenvalue weighted by Crippen LogP contribution is 2.32. The normalized spacial score (nSPS) is 15.4. The van der Waals surface area contributed by atoms with Crippen molar-refractivity contribution >= 4 is 11.6 Å². The lowest BCUT2D eigenvalue weighted by Crippen LogP contribution is -2.18. The van der Waals surface area contributed by atoms with Crippen molar-refractivity contribution in [3.05, 3.63) is 35.5 Å². The number of carbonyl (C=O) groups excluding carboxylic acids is 1. The van der Waals surface area contributed by atoms with E-state index in [2.05, 4.69) is 38.2 Å². The predicted octanol–water partition coefficient (Wildman–Crippen LogP) is 5.62. The maximum atomic E-state index is 12.3. The molecule has 1 aliphatic carbocycles. The van der Waals surface area contributed by atoms with E-state index < -0.39 is 0 Å². The molecule has 1 unspecified atom stereocenters. The van der Waals surface area contributed by atoms with Crippen molar-refractivity contribution in [1.29, 1.82) is 0 Å². The number of nitrogens with zero attached hydrogens (tertiary/aromatic N) is 1. The molecule has 0 saturated carbocycles. The number of benzene rings is 1. The van der Waals surface area contributed by atoms with Crippen molar-refractivity contribution in [2.45, 2.75) is 66.2 Å². The first-order chi connectivity index (χ1) is 12.3. The van der Waals surface area contributed by atoms with Gasteiger partial charge in [-0.1, -0.05) is 32.9 Å². The van der Waals surface area contributed by atoms with Crippen molar-refractivity contribution in [3.8, 4) is 11.3 Å². The number of aryl methyl sites for hydroxylation is 1. The molecule has 1 atom stereocenters. The summed E-state index contributed by atoms with van der Waals surface area (Å²) in [4.78, 5) is 12.3. The van der Waals surface area contributed by atoms with Gasteiger partial charge in [0.1, 0.15) is 0 Å². The average Bonchev–Trinajstić information content (AvgIpc) is 2.97. The van der Waals surface area contributed by atoms with Gasteiger partial charge in [-0.3, -0.25) is 4.79 Å². The molecule has 1 amide bonds. The van der Waals surface area contributed by atoms with Crippen LogP contribution in [0.25, 0.3) is 11.3 Å². The standard InChI is InChI=1S/C22H30N2O2/c1-15(14-22(2,3)4)13-20(25)23-17-11-9-16(10-12-17)21-18-7-5-6-8-19(18)24-26-21/h9-12,15H,5-8,13-14H2,1-4H3,(H,23,25). The van der Waals surface area contributed by atoms with E-state index in [-0.39, 0.29) is 11.3 Å². The molecule has 4 nitrogen and oxygen atoms in total. The Morgan fingerprint density at radius 1 is 1.19 bits per heavy atom. The second kappa shape index (κ2) is 7.65. The molecule has 3 rings (SSSR count). The van der Waals surface area contributed by atoms with Gasteiger partial charge in [0.05, 0.1) is 5.69 Å². The summed E-state index contributed by atoms with van der Waals surface area (Å²) in [6, 6.07) is 7.89. The lowest BCUT2D eigenvalue weighted by molar-refractivity contribution is -0.117. The zero-order chi connectivity index (χ0) is 18.7. The van der Waals surface area contributed by atoms with Crippen molar-refractivity contribution in [2.24, 2.45) is 11.3 Å². The van der Waals surface area contributed by atoms with Crippen LogP contribution in [0.15, 0.2) is 28.8 Å². The van der Waals surface area contributed by atoms with Gasteiger partial charge in [0.15, 0.2) is 5.76 Å². The largest absolute Gasteiger partial charge is 0.356 e. The monoisotopic (exact) mass is 354 g/mol. The number of hydrogen-bond acceptors (Lipinski definition) is 3. The second-order valence-corrected chi connectivity index (χ2v) is 8.84. The van der Waals surface area contributed by atoms with Crippen LogP contribution in [0.2, 0.25) is 0 Å². The quantitative estimate of drug-likeness (QED) is 0.758. The summed E-state index contributed by atoms with van der Waals surface area (Å²) >= 11 is 0. The molecule has 0 fully saturated rings. The molecule has 26 heavy (non-hydrogen) atoms. The fourth-order valence-electron chi connectivity index (χ4n) is 3.97. The lowest BCUT2D eigenvalue weighted by atomic mass is 9.84. The maximum absolute atomic E-state index is 12.3. The van der Waals surface area contributed by atoms with Gasteiger partial charge in [-0.05, 0) is 67.7 Å². The Kier molecular flexibility index (Phi) is 5.49. The van der Waals surface area contributed by atoms with Crippen molar-refractivity contribution in [2.75, 3.05) is 5.32 Å². The smallest absolute Gasteiger partial charge is 0.224 e. The van der Waals surface area contributed by atoms with E-state index in [4.69, 9.17) is 4.52 Å². The summed E-state index contributed by atoms with van der Waals surface area (Å²) < 4.78 is 5.59. The number of anilines is 1. The zero-order valence-corrected chi connectivity index (χ0v) is 16.4. The highest BCUT2D eigenvalue weighted by molar-refractivity contribution is 5.91. The Balaban J connectivity index is 1.61. The van der Waals surface area contributed by atoms with Crippen LogP contribution in [-0.4, -0.2) is 11.1 Å². The molecule has 1 N–H and O–H groups in total. The Hall–Kier alpha value is -2.10. The van der Waals surface area contributed by atoms with Gasteiger partial charge >= 0.3 is 0 Å². The van der Waals surface area contributed by atoms with Crippen LogP contribution >= 0.6 is 0 Å². The fraction of sp³-hybridized carbons (Fsp3) is 0.545. The summed E-state index contributed by atoms with van der Waals surface area (Å²) in [5, 5.41) is 7.23. The van der Waals surface area contributed by atoms with Crippen LogP contribution < -0.4 is 5.32 Å². The second-order valence-electron chi connectivity index (χ2n) is 8.84. The number of aromatic nitrogens is 1. The molecule has 1 aromatic heterocycles. The predicted molar refractivity (Wildman–Crippen MR) is 105 cm³/mol. The molecule has 0 bridgehead atoms. The molecule has 4 heteroatoms. The molecule has 2 aromatic rings. The van der Waals surface area contributed by atoms with Gasteiger partial charge in [-0.2, -0.15) is 0 Å². The minimum Gasteiger partial charge on any atom is -0.356 e. The van der Waals surface area contributed by atoms with Crippen molar-refractivity contribution in [1.82, 2.24) is 5.16 Å². The summed E-state index contributed by atoms with van der Waals surface area (Å²) in [6.07, 6.45) is 6.03. The van der Waals surface area contributed by atoms with Gasteiger partial charge in [0.2, 0.25) is 5.91 Å². The van der Waals surface area contributed by atoms with Crippen LogP contribution in [0.3, 0.4) is 0 Å². The number of amides is 1. The summed E-state index contributed by atoms with van der Waals surface area (Å²) in [5.41, 5.74) is 4.47. The third-order valence-electron chi connectivity index (χ3n) is 4.89. The van der Waals surface area contributed by atoms with Crippen LogP contribution in [0.4, 0.5) is 5.69 Å². The molecular weight excluding hydrogens is 324 g/mol. The molecular formula is C22H30N2O2. The van der Waals surface area contributed by atoms with Crippen LogP contribution in [-0.2, 0) is 17.6 Å². The molecule has 1 heterocycles. The van der Waals surface area contributed by atoms with Crippen molar-refractivity contribution < 1.29 is 9.32 Å². The molecule has 0 aliphatic heterocycles.